The van der Waals surface area contributed by atoms with Crippen LogP contribution in [0.5, 0.6) is 11.5 Å². The lowest BCUT2D eigenvalue weighted by Crippen LogP contribution is -2.21. The molecule has 0 atom stereocenters. The van der Waals surface area contributed by atoms with Crippen molar-refractivity contribution < 1.29 is 9.47 Å². The minimum absolute atomic E-state index is 0.153. The standard InChI is InChI=1S/C22H16N6O3/c29-21-16-12-24-22-25-20(15-2-1-6-23-11-15)26-28(22)17(16)5-7-27(21)13-14-3-4-18-19(10-14)31-9-8-30-18/h1-7,10-12H,8-9,13H2. The molecule has 6 rings (SSSR count). The molecule has 0 bridgehead atoms. The van der Waals surface area contributed by atoms with Crippen molar-refractivity contribution in [1.29, 1.82) is 0 Å². The van der Waals surface area contributed by atoms with Gasteiger partial charge >= 0.3 is 0 Å². The third-order valence-electron chi connectivity index (χ3n) is 5.19. The molecule has 1 aliphatic heterocycles. The second-order valence-corrected chi connectivity index (χ2v) is 7.17. The van der Waals surface area contributed by atoms with Gasteiger partial charge in [0.2, 0.25) is 0 Å². The maximum Gasteiger partial charge on any atom is 0.261 e. The highest BCUT2D eigenvalue weighted by Crippen LogP contribution is 2.31. The fraction of sp³-hybridized carbons (Fsp3) is 0.136. The van der Waals surface area contributed by atoms with E-state index < -0.39 is 0 Å². The Labute approximate surface area is 175 Å². The van der Waals surface area contributed by atoms with E-state index in [0.717, 1.165) is 16.9 Å². The molecule has 1 aliphatic rings. The van der Waals surface area contributed by atoms with Gasteiger partial charge in [-0.15, -0.1) is 5.10 Å². The molecule has 9 nitrogen and oxygen atoms in total. The van der Waals surface area contributed by atoms with E-state index >= 15 is 0 Å². The van der Waals surface area contributed by atoms with E-state index in [-0.39, 0.29) is 5.56 Å². The average Bonchev–Trinajstić information content (AvgIpc) is 3.26. The zero-order chi connectivity index (χ0) is 20.8. The van der Waals surface area contributed by atoms with Crippen molar-refractivity contribution in [1.82, 2.24) is 29.1 Å². The molecule has 0 N–H and O–H groups in total. The molecule has 0 spiro atoms. The summed E-state index contributed by atoms with van der Waals surface area (Å²) in [5.74, 6) is 2.36. The molecular formula is C22H16N6O3. The number of rotatable bonds is 3. The highest BCUT2D eigenvalue weighted by atomic mass is 16.6. The predicted octanol–water partition coefficient (Wildman–Crippen LogP) is 2.32. The monoisotopic (exact) mass is 412 g/mol. The summed E-state index contributed by atoms with van der Waals surface area (Å²) in [4.78, 5) is 26.0. The fourth-order valence-electron chi connectivity index (χ4n) is 3.68. The van der Waals surface area contributed by atoms with Gasteiger partial charge in [-0.3, -0.25) is 9.78 Å². The molecule has 5 heterocycles. The van der Waals surface area contributed by atoms with Gasteiger partial charge in [-0.25, -0.2) is 4.98 Å². The Morgan fingerprint density at radius 3 is 2.81 bits per heavy atom. The van der Waals surface area contributed by atoms with Crippen LogP contribution in [0, 0.1) is 0 Å². The Bertz CT molecular complexity index is 1490. The first-order valence-electron chi connectivity index (χ1n) is 9.80. The Morgan fingerprint density at radius 1 is 1.03 bits per heavy atom. The third-order valence-corrected chi connectivity index (χ3v) is 5.19. The van der Waals surface area contributed by atoms with Crippen LogP contribution in [0.3, 0.4) is 0 Å². The first kappa shape index (κ1) is 17.6. The van der Waals surface area contributed by atoms with Crippen LogP contribution in [0.2, 0.25) is 0 Å². The molecule has 0 saturated heterocycles. The van der Waals surface area contributed by atoms with Crippen LogP contribution < -0.4 is 15.0 Å². The van der Waals surface area contributed by atoms with Crippen molar-refractivity contribution >= 4 is 16.7 Å². The van der Waals surface area contributed by atoms with Crippen LogP contribution in [0.15, 0.2) is 66.0 Å². The smallest absolute Gasteiger partial charge is 0.261 e. The fourth-order valence-corrected chi connectivity index (χ4v) is 3.68. The summed E-state index contributed by atoms with van der Waals surface area (Å²) >= 11 is 0. The molecule has 0 radical (unpaired) electrons. The Hall–Kier alpha value is -4.27. The molecule has 0 amide bonds. The molecular weight excluding hydrogens is 396 g/mol. The van der Waals surface area contributed by atoms with E-state index in [0.29, 0.717) is 48.0 Å². The minimum atomic E-state index is -0.153. The maximum atomic E-state index is 13.1. The number of benzene rings is 1. The quantitative estimate of drug-likeness (QED) is 0.449. The van der Waals surface area contributed by atoms with Crippen LogP contribution in [0.4, 0.5) is 0 Å². The van der Waals surface area contributed by atoms with E-state index in [1.54, 1.807) is 33.9 Å². The van der Waals surface area contributed by atoms with Gasteiger partial charge in [0, 0.05) is 30.4 Å². The van der Waals surface area contributed by atoms with E-state index in [1.165, 1.54) is 0 Å². The zero-order valence-electron chi connectivity index (χ0n) is 16.3. The summed E-state index contributed by atoms with van der Waals surface area (Å²) in [6.45, 7) is 1.47. The van der Waals surface area contributed by atoms with Crippen LogP contribution in [-0.2, 0) is 6.54 Å². The second-order valence-electron chi connectivity index (χ2n) is 7.17. The number of pyridine rings is 2. The maximum absolute atomic E-state index is 13.1. The highest BCUT2D eigenvalue weighted by molar-refractivity contribution is 5.79. The number of hydrogen-bond acceptors (Lipinski definition) is 7. The van der Waals surface area contributed by atoms with Gasteiger partial charge < -0.3 is 14.0 Å². The van der Waals surface area contributed by atoms with Crippen LogP contribution in [0.1, 0.15) is 5.56 Å². The van der Waals surface area contributed by atoms with Gasteiger partial charge in [-0.05, 0) is 35.9 Å². The van der Waals surface area contributed by atoms with Crippen molar-refractivity contribution in [2.75, 3.05) is 13.2 Å². The lowest BCUT2D eigenvalue weighted by molar-refractivity contribution is 0.171. The molecule has 0 saturated carbocycles. The second kappa shape index (κ2) is 6.91. The van der Waals surface area contributed by atoms with Crippen molar-refractivity contribution in [2.24, 2.45) is 0 Å². The average molecular weight is 412 g/mol. The first-order chi connectivity index (χ1) is 15.3. The predicted molar refractivity (Wildman–Crippen MR) is 112 cm³/mol. The summed E-state index contributed by atoms with van der Waals surface area (Å²) in [6.07, 6.45) is 6.69. The SMILES string of the molecule is O=c1c2cnc3nc(-c4cccnc4)nn3c2ccn1Cc1ccc2c(c1)OCCO2. The largest absolute Gasteiger partial charge is 0.486 e. The highest BCUT2D eigenvalue weighted by Gasteiger charge is 2.15. The molecule has 152 valence electrons. The normalized spacial score (nSPS) is 13.0. The van der Waals surface area contributed by atoms with Gasteiger partial charge in [-0.1, -0.05) is 6.07 Å². The molecule has 0 aliphatic carbocycles. The summed E-state index contributed by atoms with van der Waals surface area (Å²) in [7, 11) is 0. The van der Waals surface area contributed by atoms with Gasteiger partial charge in [0.1, 0.15) is 13.2 Å². The van der Waals surface area contributed by atoms with Gasteiger partial charge in [0.25, 0.3) is 11.3 Å². The molecule has 0 fully saturated rings. The number of nitrogens with zero attached hydrogens (tertiary/aromatic N) is 6. The van der Waals surface area contributed by atoms with Crippen molar-refractivity contribution in [3.8, 4) is 22.9 Å². The van der Waals surface area contributed by atoms with E-state index in [1.807, 2.05) is 36.4 Å². The van der Waals surface area contributed by atoms with E-state index in [9.17, 15) is 4.79 Å². The molecule has 0 unspecified atom stereocenters. The van der Waals surface area contributed by atoms with E-state index in [2.05, 4.69) is 20.1 Å². The lowest BCUT2D eigenvalue weighted by atomic mass is 10.2. The van der Waals surface area contributed by atoms with Crippen molar-refractivity contribution in [3.63, 3.8) is 0 Å². The Morgan fingerprint density at radius 2 is 1.94 bits per heavy atom. The summed E-state index contributed by atoms with van der Waals surface area (Å²) < 4.78 is 14.4. The lowest BCUT2D eigenvalue weighted by Gasteiger charge is -2.19. The summed E-state index contributed by atoms with van der Waals surface area (Å²) in [6, 6.07) is 11.3. The summed E-state index contributed by atoms with van der Waals surface area (Å²) in [5, 5.41) is 5.01. The molecule has 4 aromatic heterocycles. The first-order valence-corrected chi connectivity index (χ1v) is 9.80. The molecule has 1 aromatic carbocycles. The summed E-state index contributed by atoms with van der Waals surface area (Å²) in [5.41, 5.74) is 2.23. The van der Waals surface area contributed by atoms with Crippen LogP contribution in [-0.4, -0.2) is 42.3 Å². The number of aromatic nitrogens is 6. The minimum Gasteiger partial charge on any atom is -0.486 e. The Balaban J connectivity index is 1.41. The van der Waals surface area contributed by atoms with Crippen molar-refractivity contribution in [2.45, 2.75) is 6.54 Å². The molecule has 5 aromatic rings. The molecule has 31 heavy (non-hydrogen) atoms. The number of ether oxygens (including phenoxy) is 2. The van der Waals surface area contributed by atoms with Crippen LogP contribution >= 0.6 is 0 Å². The van der Waals surface area contributed by atoms with Crippen molar-refractivity contribution in [3.05, 3.63) is 77.1 Å². The van der Waals surface area contributed by atoms with E-state index in [4.69, 9.17) is 9.47 Å². The van der Waals surface area contributed by atoms with Gasteiger partial charge in [0.15, 0.2) is 17.3 Å². The van der Waals surface area contributed by atoms with Crippen LogP contribution in [0.25, 0.3) is 28.1 Å². The van der Waals surface area contributed by atoms with Gasteiger partial charge in [0.05, 0.1) is 17.4 Å². The third kappa shape index (κ3) is 2.98. The number of hydrogen-bond donors (Lipinski definition) is 0. The van der Waals surface area contributed by atoms with Gasteiger partial charge in [-0.2, -0.15) is 9.50 Å². The Kier molecular flexibility index (Phi) is 3.92. The zero-order valence-corrected chi connectivity index (χ0v) is 16.3. The topological polar surface area (TPSA) is 96.4 Å². The number of fused-ring (bicyclic) bond motifs is 4. The molecule has 9 heteroatoms.